The summed E-state index contributed by atoms with van der Waals surface area (Å²) in [5, 5.41) is 5.35. The molecule has 1 aliphatic rings. The second-order valence-corrected chi connectivity index (χ2v) is 8.09. The molecule has 1 aliphatic carbocycles. The molecule has 2 rings (SSSR count). The first-order valence-corrected chi connectivity index (χ1v) is 10.7. The lowest BCUT2D eigenvalue weighted by atomic mass is 9.68. The number of ether oxygens (including phenoxy) is 1. The van der Waals surface area contributed by atoms with E-state index in [1.54, 1.807) is 0 Å². The number of hydrogen-bond donors (Lipinski definition) is 2. The fraction of sp³-hybridized carbons (Fsp3) is 0.609. The molecule has 2 amide bonds. The van der Waals surface area contributed by atoms with Crippen molar-refractivity contribution in [2.24, 2.45) is 5.41 Å². The van der Waals surface area contributed by atoms with Gasteiger partial charge in [-0.05, 0) is 38.2 Å². The van der Waals surface area contributed by atoms with Crippen molar-refractivity contribution in [2.45, 2.75) is 77.8 Å². The van der Waals surface area contributed by atoms with E-state index in [-0.39, 0.29) is 11.5 Å². The van der Waals surface area contributed by atoms with E-state index >= 15 is 0 Å². The lowest BCUT2D eigenvalue weighted by Crippen LogP contribution is -2.48. The molecule has 0 heterocycles. The van der Waals surface area contributed by atoms with E-state index in [1.807, 2.05) is 44.2 Å². The molecule has 0 aliphatic heterocycles. The molecule has 29 heavy (non-hydrogen) atoms. The fourth-order valence-corrected chi connectivity index (χ4v) is 3.61. The van der Waals surface area contributed by atoms with Crippen molar-refractivity contribution in [3.05, 3.63) is 35.9 Å². The predicted molar refractivity (Wildman–Crippen MR) is 112 cm³/mol. The van der Waals surface area contributed by atoms with Crippen molar-refractivity contribution in [1.29, 1.82) is 0 Å². The highest BCUT2D eigenvalue weighted by molar-refractivity contribution is 6.38. The summed E-state index contributed by atoms with van der Waals surface area (Å²) in [5.74, 6) is -1.32. The zero-order valence-corrected chi connectivity index (χ0v) is 17.8. The Balaban J connectivity index is 1.91. The highest BCUT2D eigenvalue weighted by Crippen LogP contribution is 2.43. The molecule has 1 saturated carbocycles. The molecular weight excluding hydrogens is 368 g/mol. The van der Waals surface area contributed by atoms with Crippen molar-refractivity contribution < 1.29 is 19.1 Å². The Hall–Kier alpha value is -2.37. The number of benzene rings is 1. The summed E-state index contributed by atoms with van der Waals surface area (Å²) < 4.78 is 5.40. The Morgan fingerprint density at radius 3 is 2.34 bits per heavy atom. The zero-order chi connectivity index (χ0) is 21.3. The first kappa shape index (κ1) is 22.9. The number of carbonyl (C=O) groups is 3. The Morgan fingerprint density at radius 2 is 1.79 bits per heavy atom. The maximum absolute atomic E-state index is 12.7. The van der Waals surface area contributed by atoms with Crippen molar-refractivity contribution in [1.82, 2.24) is 10.6 Å². The van der Waals surface area contributed by atoms with E-state index < -0.39 is 23.8 Å². The predicted octanol–water partition coefficient (Wildman–Crippen LogP) is 4.30. The molecule has 0 unspecified atom stereocenters. The molecule has 0 spiro atoms. The molecule has 1 aromatic carbocycles. The van der Waals surface area contributed by atoms with Gasteiger partial charge in [-0.15, -0.1) is 0 Å². The van der Waals surface area contributed by atoms with Crippen LogP contribution in [0.5, 0.6) is 0 Å². The lowest BCUT2D eigenvalue weighted by molar-refractivity contribution is -0.139. The van der Waals surface area contributed by atoms with Gasteiger partial charge in [-0.1, -0.05) is 63.4 Å². The molecule has 0 aromatic heterocycles. The molecule has 0 radical (unpaired) electrons. The third-order valence-corrected chi connectivity index (χ3v) is 6.00. The monoisotopic (exact) mass is 402 g/mol. The molecule has 0 saturated heterocycles. The van der Waals surface area contributed by atoms with Crippen molar-refractivity contribution in [3.8, 4) is 0 Å². The maximum atomic E-state index is 12.7. The van der Waals surface area contributed by atoms with E-state index in [0.29, 0.717) is 13.0 Å². The van der Waals surface area contributed by atoms with Gasteiger partial charge in [-0.25, -0.2) is 4.79 Å². The number of ketones is 1. The number of Topliss-reactive ketones (excluding diaryl/α,β-unsaturated/α-hetero) is 1. The van der Waals surface area contributed by atoms with Crippen molar-refractivity contribution >= 4 is 17.8 Å². The van der Waals surface area contributed by atoms with Gasteiger partial charge < -0.3 is 15.4 Å². The Bertz CT molecular complexity index is 680. The van der Waals surface area contributed by atoms with Gasteiger partial charge in [0.2, 0.25) is 5.78 Å². The molecule has 2 atom stereocenters. The standard InChI is InChI=1S/C23H34N2O4/c1-4-6-13-19(25-22(28)29-16-23(5-2)14-10-15-23)20(26)21(27)24-17(3)18-11-8-7-9-12-18/h7-9,11-12,17,19H,4-6,10,13-16H2,1-3H3,(H,24,27)(H,25,28)/t17-,19+/m1/s1. The molecule has 160 valence electrons. The second kappa shape index (κ2) is 11.0. The topological polar surface area (TPSA) is 84.5 Å². The summed E-state index contributed by atoms with van der Waals surface area (Å²) in [6.45, 7) is 6.29. The third kappa shape index (κ3) is 6.58. The number of hydrogen-bond acceptors (Lipinski definition) is 4. The SMILES string of the molecule is CCCC[C@H](NC(=O)OCC1(CC)CCC1)C(=O)C(=O)N[C@H](C)c1ccccc1. The van der Waals surface area contributed by atoms with E-state index in [9.17, 15) is 14.4 Å². The largest absolute Gasteiger partial charge is 0.449 e. The summed E-state index contributed by atoms with van der Waals surface area (Å²) in [7, 11) is 0. The van der Waals surface area contributed by atoms with E-state index in [0.717, 1.165) is 44.1 Å². The number of amides is 2. The van der Waals surface area contributed by atoms with Gasteiger partial charge in [0.1, 0.15) is 6.04 Å². The third-order valence-electron chi connectivity index (χ3n) is 6.00. The van der Waals surface area contributed by atoms with Crippen molar-refractivity contribution in [2.75, 3.05) is 6.61 Å². The maximum Gasteiger partial charge on any atom is 0.407 e. The minimum atomic E-state index is -0.871. The number of carbonyl (C=O) groups excluding carboxylic acids is 3. The Kier molecular flexibility index (Phi) is 8.68. The van der Waals surface area contributed by atoms with E-state index in [1.165, 1.54) is 0 Å². The number of nitrogens with one attached hydrogen (secondary N) is 2. The van der Waals surface area contributed by atoms with E-state index in [2.05, 4.69) is 17.6 Å². The minimum Gasteiger partial charge on any atom is -0.449 e. The van der Waals surface area contributed by atoms with Crippen LogP contribution in [-0.2, 0) is 14.3 Å². The van der Waals surface area contributed by atoms with Gasteiger partial charge in [0, 0.05) is 5.41 Å². The van der Waals surface area contributed by atoms with Crippen LogP contribution in [0, 0.1) is 5.41 Å². The molecule has 6 nitrogen and oxygen atoms in total. The number of unbranched alkanes of at least 4 members (excludes halogenated alkanes) is 1. The van der Waals surface area contributed by atoms with Crippen LogP contribution < -0.4 is 10.6 Å². The van der Waals surface area contributed by atoms with Crippen LogP contribution in [0.4, 0.5) is 4.79 Å². The van der Waals surface area contributed by atoms with Gasteiger partial charge in [0.15, 0.2) is 0 Å². The highest BCUT2D eigenvalue weighted by Gasteiger charge is 2.37. The van der Waals surface area contributed by atoms with Crippen LogP contribution >= 0.6 is 0 Å². The van der Waals surface area contributed by atoms with Gasteiger partial charge in [-0.3, -0.25) is 9.59 Å². The van der Waals surface area contributed by atoms with Crippen LogP contribution in [0.25, 0.3) is 0 Å². The molecule has 1 fully saturated rings. The lowest BCUT2D eigenvalue weighted by Gasteiger charge is -2.40. The normalized spacial score (nSPS) is 16.8. The molecule has 6 heteroatoms. The zero-order valence-electron chi connectivity index (χ0n) is 17.8. The summed E-state index contributed by atoms with van der Waals surface area (Å²) in [5.41, 5.74) is 0.999. The summed E-state index contributed by atoms with van der Waals surface area (Å²) in [4.78, 5) is 37.4. The molecule has 1 aromatic rings. The molecular formula is C23H34N2O4. The Labute approximate surface area is 173 Å². The van der Waals surface area contributed by atoms with Crippen LogP contribution in [-0.4, -0.2) is 30.4 Å². The average molecular weight is 403 g/mol. The second-order valence-electron chi connectivity index (χ2n) is 8.09. The first-order valence-electron chi connectivity index (χ1n) is 10.7. The minimum absolute atomic E-state index is 0.0861. The van der Waals surface area contributed by atoms with Gasteiger partial charge in [-0.2, -0.15) is 0 Å². The fourth-order valence-electron chi connectivity index (χ4n) is 3.61. The Morgan fingerprint density at radius 1 is 1.10 bits per heavy atom. The smallest absolute Gasteiger partial charge is 0.407 e. The number of rotatable bonds is 11. The summed E-state index contributed by atoms with van der Waals surface area (Å²) >= 11 is 0. The molecule has 0 bridgehead atoms. The molecule has 2 N–H and O–H groups in total. The average Bonchev–Trinajstić information content (AvgIpc) is 2.70. The summed E-state index contributed by atoms with van der Waals surface area (Å²) in [6, 6.07) is 8.27. The van der Waals surface area contributed by atoms with Crippen molar-refractivity contribution in [3.63, 3.8) is 0 Å². The van der Waals surface area contributed by atoms with Gasteiger partial charge >= 0.3 is 6.09 Å². The number of alkyl carbamates (subject to hydrolysis) is 1. The van der Waals surface area contributed by atoms with Crippen LogP contribution in [0.15, 0.2) is 30.3 Å². The summed E-state index contributed by atoms with van der Waals surface area (Å²) in [6.07, 6.45) is 5.65. The highest BCUT2D eigenvalue weighted by atomic mass is 16.5. The van der Waals surface area contributed by atoms with E-state index in [4.69, 9.17) is 4.74 Å². The van der Waals surface area contributed by atoms with Gasteiger partial charge in [0.25, 0.3) is 5.91 Å². The quantitative estimate of drug-likeness (QED) is 0.541. The van der Waals surface area contributed by atoms with Gasteiger partial charge in [0.05, 0.1) is 12.6 Å². The van der Waals surface area contributed by atoms with Crippen LogP contribution in [0.3, 0.4) is 0 Å². The van der Waals surface area contributed by atoms with Crippen LogP contribution in [0.2, 0.25) is 0 Å². The first-order chi connectivity index (χ1) is 13.9. The van der Waals surface area contributed by atoms with Crippen LogP contribution in [0.1, 0.15) is 77.3 Å².